The standard InChI is InChI=1S/C13H14FN3O2/c1-19-13(18)16-11-2-3-17(8-11)12-5-9(7-15)4-10(14)6-12/h4-6,11H,2-3,8H2,1H3,(H,16,18). The van der Waals surface area contributed by atoms with Crippen LogP contribution >= 0.6 is 0 Å². The number of methoxy groups -OCH3 is 1. The average Bonchev–Trinajstić information content (AvgIpc) is 2.86. The Morgan fingerprint density at radius 3 is 3.05 bits per heavy atom. The molecular formula is C13H14FN3O2. The zero-order chi connectivity index (χ0) is 13.8. The summed E-state index contributed by atoms with van der Waals surface area (Å²) < 4.78 is 17.9. The molecule has 1 N–H and O–H groups in total. The molecule has 1 atom stereocenters. The van der Waals surface area contributed by atoms with Crippen molar-refractivity contribution in [2.45, 2.75) is 12.5 Å². The van der Waals surface area contributed by atoms with Gasteiger partial charge in [0.25, 0.3) is 0 Å². The minimum Gasteiger partial charge on any atom is -0.453 e. The number of nitrogens with one attached hydrogen (secondary N) is 1. The second-order valence-electron chi connectivity index (χ2n) is 4.38. The number of nitrogens with zero attached hydrogens (tertiary/aromatic N) is 2. The molecule has 1 aromatic rings. The van der Waals surface area contributed by atoms with E-state index in [4.69, 9.17) is 5.26 Å². The number of halogens is 1. The van der Waals surface area contributed by atoms with Crippen LogP contribution < -0.4 is 10.2 Å². The Morgan fingerprint density at radius 1 is 1.58 bits per heavy atom. The molecule has 1 saturated heterocycles. The lowest BCUT2D eigenvalue weighted by atomic mass is 10.2. The van der Waals surface area contributed by atoms with Gasteiger partial charge < -0.3 is 15.0 Å². The van der Waals surface area contributed by atoms with Crippen LogP contribution in [0.5, 0.6) is 0 Å². The van der Waals surface area contributed by atoms with Gasteiger partial charge >= 0.3 is 6.09 Å². The first kappa shape index (κ1) is 13.1. The number of carbonyl (C=O) groups is 1. The number of nitriles is 1. The van der Waals surface area contributed by atoms with Crippen LogP contribution in [0.15, 0.2) is 18.2 Å². The maximum atomic E-state index is 13.4. The Morgan fingerprint density at radius 2 is 2.37 bits per heavy atom. The lowest BCUT2D eigenvalue weighted by Gasteiger charge is -2.19. The molecule has 100 valence electrons. The smallest absolute Gasteiger partial charge is 0.407 e. The molecule has 1 aromatic carbocycles. The molecule has 0 radical (unpaired) electrons. The van der Waals surface area contributed by atoms with E-state index in [-0.39, 0.29) is 6.04 Å². The SMILES string of the molecule is COC(=O)NC1CCN(c2cc(F)cc(C#N)c2)C1. The second-order valence-corrected chi connectivity index (χ2v) is 4.38. The molecule has 2 rings (SSSR count). The number of amides is 1. The maximum Gasteiger partial charge on any atom is 0.407 e. The molecule has 5 nitrogen and oxygen atoms in total. The van der Waals surface area contributed by atoms with Crippen molar-refractivity contribution in [3.8, 4) is 6.07 Å². The molecule has 1 amide bonds. The first-order chi connectivity index (χ1) is 9.12. The van der Waals surface area contributed by atoms with Gasteiger partial charge in [0.2, 0.25) is 0 Å². The molecule has 1 unspecified atom stereocenters. The quantitative estimate of drug-likeness (QED) is 0.880. The van der Waals surface area contributed by atoms with Crippen molar-refractivity contribution in [2.24, 2.45) is 0 Å². The predicted octanol–water partition coefficient (Wildman–Crippen LogP) is 1.63. The number of benzene rings is 1. The van der Waals surface area contributed by atoms with E-state index >= 15 is 0 Å². The molecule has 6 heteroatoms. The van der Waals surface area contributed by atoms with Crippen LogP contribution in [0.3, 0.4) is 0 Å². The normalized spacial score (nSPS) is 17.9. The minimum atomic E-state index is -0.469. The van der Waals surface area contributed by atoms with Gasteiger partial charge in [0.15, 0.2) is 0 Å². The van der Waals surface area contributed by atoms with Gasteiger partial charge in [0.1, 0.15) is 5.82 Å². The van der Waals surface area contributed by atoms with Gasteiger partial charge in [-0.1, -0.05) is 0 Å². The van der Waals surface area contributed by atoms with Gasteiger partial charge in [0, 0.05) is 18.8 Å². The van der Waals surface area contributed by atoms with Crippen molar-refractivity contribution in [3.05, 3.63) is 29.6 Å². The number of hydrogen-bond acceptors (Lipinski definition) is 4. The number of ether oxygens (including phenoxy) is 1. The number of carbonyl (C=O) groups excluding carboxylic acids is 1. The third-order valence-corrected chi connectivity index (χ3v) is 3.07. The Balaban J connectivity index is 2.06. The first-order valence-corrected chi connectivity index (χ1v) is 5.92. The van der Waals surface area contributed by atoms with Crippen LogP contribution in [-0.2, 0) is 4.74 Å². The molecule has 0 saturated carbocycles. The van der Waals surface area contributed by atoms with Crippen molar-refractivity contribution < 1.29 is 13.9 Å². The summed E-state index contributed by atoms with van der Waals surface area (Å²) in [5.74, 6) is -0.432. The summed E-state index contributed by atoms with van der Waals surface area (Å²) in [4.78, 5) is 13.0. The van der Waals surface area contributed by atoms with E-state index in [1.165, 1.54) is 19.2 Å². The van der Waals surface area contributed by atoms with Gasteiger partial charge in [-0.25, -0.2) is 9.18 Å². The third-order valence-electron chi connectivity index (χ3n) is 3.07. The van der Waals surface area contributed by atoms with Crippen LogP contribution in [0.1, 0.15) is 12.0 Å². The van der Waals surface area contributed by atoms with Crippen molar-refractivity contribution in [2.75, 3.05) is 25.1 Å². The van der Waals surface area contributed by atoms with Crippen molar-refractivity contribution in [1.29, 1.82) is 5.26 Å². The zero-order valence-corrected chi connectivity index (χ0v) is 10.5. The van der Waals surface area contributed by atoms with Crippen molar-refractivity contribution >= 4 is 11.8 Å². The summed E-state index contributed by atoms with van der Waals surface area (Å²) >= 11 is 0. The van der Waals surface area contributed by atoms with Gasteiger partial charge in [-0.05, 0) is 24.6 Å². The van der Waals surface area contributed by atoms with Crippen molar-refractivity contribution in [1.82, 2.24) is 5.32 Å². The monoisotopic (exact) mass is 263 g/mol. The molecule has 0 bridgehead atoms. The number of hydrogen-bond donors (Lipinski definition) is 1. The van der Waals surface area contributed by atoms with E-state index in [2.05, 4.69) is 10.1 Å². The Kier molecular flexibility index (Phi) is 3.85. The molecule has 0 spiro atoms. The topological polar surface area (TPSA) is 65.4 Å². The summed E-state index contributed by atoms with van der Waals surface area (Å²) in [5, 5.41) is 11.5. The summed E-state index contributed by atoms with van der Waals surface area (Å²) in [6.07, 6.45) is 0.289. The highest BCUT2D eigenvalue weighted by molar-refractivity contribution is 5.67. The van der Waals surface area contributed by atoms with E-state index in [0.717, 1.165) is 6.42 Å². The lowest BCUT2D eigenvalue weighted by Crippen LogP contribution is -2.36. The molecule has 1 aliphatic rings. The highest BCUT2D eigenvalue weighted by atomic mass is 19.1. The Bertz CT molecular complexity index is 527. The van der Waals surface area contributed by atoms with Gasteiger partial charge in [-0.2, -0.15) is 5.26 Å². The van der Waals surface area contributed by atoms with Crippen LogP contribution in [0.4, 0.5) is 14.9 Å². The van der Waals surface area contributed by atoms with E-state index in [1.807, 2.05) is 11.0 Å². The third kappa shape index (κ3) is 3.13. The van der Waals surface area contributed by atoms with Crippen LogP contribution in [0.25, 0.3) is 0 Å². The van der Waals surface area contributed by atoms with E-state index < -0.39 is 11.9 Å². The highest BCUT2D eigenvalue weighted by Gasteiger charge is 2.24. The summed E-state index contributed by atoms with van der Waals surface area (Å²) in [6, 6.07) is 6.13. The van der Waals surface area contributed by atoms with Crippen molar-refractivity contribution in [3.63, 3.8) is 0 Å². The molecule has 1 heterocycles. The molecule has 0 aliphatic carbocycles. The molecular weight excluding hydrogens is 249 g/mol. The second kappa shape index (κ2) is 5.57. The fraction of sp³-hybridized carbons (Fsp3) is 0.385. The molecule has 19 heavy (non-hydrogen) atoms. The minimum absolute atomic E-state index is 0.0266. The van der Waals surface area contributed by atoms with E-state index in [1.54, 1.807) is 6.07 Å². The van der Waals surface area contributed by atoms with Crippen LogP contribution in [0.2, 0.25) is 0 Å². The molecule has 1 fully saturated rings. The van der Waals surface area contributed by atoms with E-state index in [9.17, 15) is 9.18 Å². The summed E-state index contributed by atoms with van der Waals surface area (Å²) in [7, 11) is 1.31. The number of anilines is 1. The van der Waals surface area contributed by atoms with Gasteiger partial charge in [-0.15, -0.1) is 0 Å². The highest BCUT2D eigenvalue weighted by Crippen LogP contribution is 2.22. The summed E-state index contributed by atoms with van der Waals surface area (Å²) in [6.45, 7) is 1.27. The lowest BCUT2D eigenvalue weighted by molar-refractivity contribution is 0.167. The fourth-order valence-corrected chi connectivity index (χ4v) is 2.16. The van der Waals surface area contributed by atoms with Crippen LogP contribution in [-0.4, -0.2) is 32.3 Å². The largest absolute Gasteiger partial charge is 0.453 e. The Hall–Kier alpha value is -2.29. The number of rotatable bonds is 2. The molecule has 0 aromatic heterocycles. The number of alkyl carbamates (subject to hydrolysis) is 1. The first-order valence-electron chi connectivity index (χ1n) is 5.92. The fourth-order valence-electron chi connectivity index (χ4n) is 2.16. The van der Waals surface area contributed by atoms with E-state index in [0.29, 0.717) is 24.3 Å². The Labute approximate surface area is 110 Å². The summed E-state index contributed by atoms with van der Waals surface area (Å²) in [5.41, 5.74) is 0.949. The zero-order valence-electron chi connectivity index (χ0n) is 10.5. The maximum absolute atomic E-state index is 13.4. The predicted molar refractivity (Wildman–Crippen MR) is 67.3 cm³/mol. The van der Waals surface area contributed by atoms with Gasteiger partial charge in [-0.3, -0.25) is 0 Å². The van der Waals surface area contributed by atoms with Gasteiger partial charge in [0.05, 0.1) is 24.8 Å². The van der Waals surface area contributed by atoms with Crippen LogP contribution in [0, 0.1) is 17.1 Å². The molecule has 1 aliphatic heterocycles. The average molecular weight is 263 g/mol.